The molecule has 0 bridgehead atoms. The van der Waals surface area contributed by atoms with Gasteiger partial charge in [0, 0.05) is 32.1 Å². The van der Waals surface area contributed by atoms with E-state index in [2.05, 4.69) is 43.5 Å². The second-order valence-corrected chi connectivity index (χ2v) is 6.05. The van der Waals surface area contributed by atoms with Crippen molar-refractivity contribution in [1.29, 1.82) is 0 Å². The summed E-state index contributed by atoms with van der Waals surface area (Å²) < 4.78 is 0. The summed E-state index contributed by atoms with van der Waals surface area (Å²) in [5, 5.41) is 7.79. The number of rotatable bonds is 5. The van der Waals surface area contributed by atoms with E-state index in [1.807, 2.05) is 37.2 Å². The van der Waals surface area contributed by atoms with E-state index in [4.69, 9.17) is 9.98 Å². The number of pyridine rings is 1. The van der Waals surface area contributed by atoms with Gasteiger partial charge >= 0.3 is 0 Å². The third-order valence-electron chi connectivity index (χ3n) is 3.42. The van der Waals surface area contributed by atoms with Gasteiger partial charge in [0.2, 0.25) is 0 Å². The Hall–Kier alpha value is -2.30. The highest BCUT2D eigenvalue weighted by atomic mass is 15.2. The average molecular weight is 313 g/mol. The van der Waals surface area contributed by atoms with Crippen molar-refractivity contribution in [2.45, 2.75) is 33.4 Å². The fraction of sp³-hybridized carbons (Fsp3) is 0.444. The Morgan fingerprint density at radius 2 is 2.00 bits per heavy atom. The lowest BCUT2D eigenvalue weighted by Gasteiger charge is -2.16. The SMILES string of the molecule is CCNC(=NCc1cc(N(C)C)nc2ccccc12)NC(C)C. The zero-order valence-corrected chi connectivity index (χ0v) is 14.7. The number of guanidine groups is 1. The van der Waals surface area contributed by atoms with Gasteiger partial charge in [0.05, 0.1) is 12.1 Å². The van der Waals surface area contributed by atoms with Crippen LogP contribution in [0.4, 0.5) is 5.82 Å². The van der Waals surface area contributed by atoms with Crippen molar-refractivity contribution in [2.24, 2.45) is 4.99 Å². The van der Waals surface area contributed by atoms with Crippen LogP contribution in [0.5, 0.6) is 0 Å². The fourth-order valence-electron chi connectivity index (χ4n) is 2.35. The average Bonchev–Trinajstić information content (AvgIpc) is 2.51. The first-order chi connectivity index (χ1) is 11.0. The zero-order chi connectivity index (χ0) is 16.8. The zero-order valence-electron chi connectivity index (χ0n) is 14.7. The highest BCUT2D eigenvalue weighted by molar-refractivity contribution is 5.85. The molecule has 2 rings (SSSR count). The summed E-state index contributed by atoms with van der Waals surface area (Å²) in [6, 6.07) is 10.7. The van der Waals surface area contributed by atoms with E-state index in [-0.39, 0.29) is 0 Å². The number of nitrogens with zero attached hydrogens (tertiary/aromatic N) is 3. The van der Waals surface area contributed by atoms with Crippen LogP contribution in [0.1, 0.15) is 26.3 Å². The molecule has 0 spiro atoms. The Morgan fingerprint density at radius 3 is 2.65 bits per heavy atom. The van der Waals surface area contributed by atoms with Crippen LogP contribution >= 0.6 is 0 Å². The second-order valence-electron chi connectivity index (χ2n) is 6.05. The van der Waals surface area contributed by atoms with E-state index in [1.54, 1.807) is 0 Å². The number of para-hydroxylation sites is 1. The summed E-state index contributed by atoms with van der Waals surface area (Å²) in [7, 11) is 4.02. The van der Waals surface area contributed by atoms with Crippen LogP contribution in [0.3, 0.4) is 0 Å². The molecular weight excluding hydrogens is 286 g/mol. The van der Waals surface area contributed by atoms with Gasteiger partial charge in [-0.25, -0.2) is 9.98 Å². The minimum absolute atomic E-state index is 0.347. The maximum Gasteiger partial charge on any atom is 0.191 e. The largest absolute Gasteiger partial charge is 0.363 e. The van der Waals surface area contributed by atoms with Crippen LogP contribution in [-0.2, 0) is 6.54 Å². The Balaban J connectivity index is 2.37. The summed E-state index contributed by atoms with van der Waals surface area (Å²) in [4.78, 5) is 11.4. The monoisotopic (exact) mass is 313 g/mol. The van der Waals surface area contributed by atoms with E-state index < -0.39 is 0 Å². The predicted octanol–water partition coefficient (Wildman–Crippen LogP) is 2.76. The number of hydrogen-bond acceptors (Lipinski definition) is 3. The molecule has 0 fully saturated rings. The maximum atomic E-state index is 4.72. The topological polar surface area (TPSA) is 52.6 Å². The molecule has 0 saturated heterocycles. The van der Waals surface area contributed by atoms with Crippen LogP contribution in [0.25, 0.3) is 10.9 Å². The molecule has 1 heterocycles. The first kappa shape index (κ1) is 17.1. The van der Waals surface area contributed by atoms with Gasteiger partial charge in [-0.3, -0.25) is 0 Å². The molecule has 0 saturated carbocycles. The summed E-state index contributed by atoms with van der Waals surface area (Å²) in [6.45, 7) is 7.76. The molecule has 1 aromatic heterocycles. The van der Waals surface area contributed by atoms with Crippen LogP contribution in [0, 0.1) is 0 Å². The number of benzene rings is 1. The first-order valence-electron chi connectivity index (χ1n) is 8.12. The van der Waals surface area contributed by atoms with Crippen molar-refractivity contribution >= 4 is 22.7 Å². The number of aliphatic imine (C=N–C) groups is 1. The van der Waals surface area contributed by atoms with Crippen molar-refractivity contribution in [2.75, 3.05) is 25.5 Å². The molecule has 0 aliphatic heterocycles. The van der Waals surface area contributed by atoms with E-state index in [9.17, 15) is 0 Å². The Kier molecular flexibility index (Phi) is 5.79. The number of aromatic nitrogens is 1. The van der Waals surface area contributed by atoms with Crippen LogP contribution < -0.4 is 15.5 Å². The van der Waals surface area contributed by atoms with Crippen molar-refractivity contribution in [3.05, 3.63) is 35.9 Å². The second kappa shape index (κ2) is 7.81. The first-order valence-corrected chi connectivity index (χ1v) is 8.12. The highest BCUT2D eigenvalue weighted by Gasteiger charge is 2.07. The molecule has 0 amide bonds. The minimum Gasteiger partial charge on any atom is -0.363 e. The molecule has 2 aromatic rings. The molecule has 124 valence electrons. The van der Waals surface area contributed by atoms with Crippen LogP contribution in [0.2, 0.25) is 0 Å². The molecule has 5 nitrogen and oxygen atoms in total. The third-order valence-corrected chi connectivity index (χ3v) is 3.42. The number of hydrogen-bond donors (Lipinski definition) is 2. The van der Waals surface area contributed by atoms with Crippen LogP contribution in [-0.4, -0.2) is 37.6 Å². The lowest BCUT2D eigenvalue weighted by Crippen LogP contribution is -2.41. The molecule has 5 heteroatoms. The van der Waals surface area contributed by atoms with Gasteiger partial charge in [-0.2, -0.15) is 0 Å². The van der Waals surface area contributed by atoms with Gasteiger partial charge in [0.1, 0.15) is 5.82 Å². The number of fused-ring (bicyclic) bond motifs is 1. The minimum atomic E-state index is 0.347. The van der Waals surface area contributed by atoms with E-state index in [0.717, 1.165) is 29.2 Å². The molecule has 0 aliphatic carbocycles. The van der Waals surface area contributed by atoms with Gasteiger partial charge in [0.25, 0.3) is 0 Å². The quantitative estimate of drug-likeness (QED) is 0.658. The molecule has 0 aliphatic rings. The summed E-state index contributed by atoms with van der Waals surface area (Å²) in [5.41, 5.74) is 2.19. The Bertz CT molecular complexity index is 676. The molecule has 1 aromatic carbocycles. The predicted molar refractivity (Wildman–Crippen MR) is 99.2 cm³/mol. The maximum absolute atomic E-state index is 4.72. The molecule has 23 heavy (non-hydrogen) atoms. The smallest absolute Gasteiger partial charge is 0.191 e. The number of nitrogens with one attached hydrogen (secondary N) is 2. The van der Waals surface area contributed by atoms with E-state index >= 15 is 0 Å². The lowest BCUT2D eigenvalue weighted by molar-refractivity contribution is 0.701. The van der Waals surface area contributed by atoms with Gasteiger partial charge in [-0.15, -0.1) is 0 Å². The van der Waals surface area contributed by atoms with E-state index in [1.165, 1.54) is 5.56 Å². The van der Waals surface area contributed by atoms with Gasteiger partial charge in [-0.05, 0) is 38.5 Å². The van der Waals surface area contributed by atoms with Crippen molar-refractivity contribution in [1.82, 2.24) is 15.6 Å². The summed E-state index contributed by atoms with van der Waals surface area (Å²) in [5.74, 6) is 1.80. The lowest BCUT2D eigenvalue weighted by atomic mass is 10.1. The normalized spacial score (nSPS) is 11.8. The molecule has 0 atom stereocenters. The Labute approximate surface area is 138 Å². The molecule has 0 radical (unpaired) electrons. The highest BCUT2D eigenvalue weighted by Crippen LogP contribution is 2.22. The fourth-order valence-corrected chi connectivity index (χ4v) is 2.35. The molecule has 0 unspecified atom stereocenters. The third kappa shape index (κ3) is 4.58. The molecular formula is C18H27N5. The Morgan fingerprint density at radius 1 is 1.26 bits per heavy atom. The summed E-state index contributed by atoms with van der Waals surface area (Å²) in [6.07, 6.45) is 0. The van der Waals surface area contributed by atoms with Gasteiger partial charge < -0.3 is 15.5 Å². The van der Waals surface area contributed by atoms with Crippen molar-refractivity contribution in [3.8, 4) is 0 Å². The number of anilines is 1. The summed E-state index contributed by atoms with van der Waals surface area (Å²) >= 11 is 0. The van der Waals surface area contributed by atoms with Gasteiger partial charge in [0.15, 0.2) is 5.96 Å². The molecule has 2 N–H and O–H groups in total. The van der Waals surface area contributed by atoms with Crippen molar-refractivity contribution < 1.29 is 0 Å². The van der Waals surface area contributed by atoms with Crippen molar-refractivity contribution in [3.63, 3.8) is 0 Å². The van der Waals surface area contributed by atoms with Crippen LogP contribution in [0.15, 0.2) is 35.3 Å². The van der Waals surface area contributed by atoms with E-state index in [0.29, 0.717) is 12.6 Å². The standard InChI is InChI=1S/C18H27N5/c1-6-19-18(21-13(2)3)20-12-14-11-17(23(4)5)22-16-10-8-7-9-15(14)16/h7-11,13H,6,12H2,1-5H3,(H2,19,20,21). The van der Waals surface area contributed by atoms with Gasteiger partial charge in [-0.1, -0.05) is 18.2 Å².